The fraction of sp³-hybridized carbons (Fsp3) is 0. The highest BCUT2D eigenvalue weighted by atomic mass is 15.0. The fourth-order valence-electron chi connectivity index (χ4n) is 8.40. The molecule has 11 aromatic rings. The number of benzene rings is 9. The molecular weight excluding hydrogens is 581 g/mol. The summed E-state index contributed by atoms with van der Waals surface area (Å²) in [4.78, 5) is 0. The third-order valence-electron chi connectivity index (χ3n) is 10.4. The van der Waals surface area contributed by atoms with Crippen LogP contribution in [-0.4, -0.2) is 9.13 Å². The van der Waals surface area contributed by atoms with E-state index in [0.717, 1.165) is 0 Å². The molecular formula is C46H28N2. The molecule has 2 heteroatoms. The highest BCUT2D eigenvalue weighted by Gasteiger charge is 2.21. The maximum atomic E-state index is 2.51. The van der Waals surface area contributed by atoms with E-state index in [1.54, 1.807) is 0 Å². The van der Waals surface area contributed by atoms with Crippen LogP contribution in [0.2, 0.25) is 0 Å². The first-order valence-corrected chi connectivity index (χ1v) is 16.6. The van der Waals surface area contributed by atoms with Gasteiger partial charge in [0, 0.05) is 38.3 Å². The van der Waals surface area contributed by atoms with E-state index >= 15 is 0 Å². The lowest BCUT2D eigenvalue weighted by Crippen LogP contribution is -1.96. The van der Waals surface area contributed by atoms with Gasteiger partial charge in [0.05, 0.1) is 22.1 Å². The lowest BCUT2D eigenvalue weighted by Gasteiger charge is -2.14. The summed E-state index contributed by atoms with van der Waals surface area (Å²) in [7, 11) is 0. The van der Waals surface area contributed by atoms with Gasteiger partial charge in [-0.3, -0.25) is 0 Å². The predicted molar refractivity (Wildman–Crippen MR) is 205 cm³/mol. The molecule has 0 amide bonds. The minimum absolute atomic E-state index is 1.17. The summed E-state index contributed by atoms with van der Waals surface area (Å²) >= 11 is 0. The first kappa shape index (κ1) is 25.8. The Balaban J connectivity index is 1.32. The van der Waals surface area contributed by atoms with Gasteiger partial charge in [-0.1, -0.05) is 121 Å². The van der Waals surface area contributed by atoms with Crippen molar-refractivity contribution in [2.45, 2.75) is 0 Å². The average Bonchev–Trinajstić information content (AvgIpc) is 3.66. The molecule has 0 atom stereocenters. The quantitative estimate of drug-likeness (QED) is 0.173. The van der Waals surface area contributed by atoms with Crippen LogP contribution in [-0.2, 0) is 0 Å². The van der Waals surface area contributed by atoms with Gasteiger partial charge in [0.2, 0.25) is 0 Å². The van der Waals surface area contributed by atoms with Crippen molar-refractivity contribution >= 4 is 86.7 Å². The van der Waals surface area contributed by atoms with Crippen LogP contribution >= 0.6 is 0 Å². The van der Waals surface area contributed by atoms with E-state index < -0.39 is 0 Å². The molecule has 0 aliphatic heterocycles. The van der Waals surface area contributed by atoms with Crippen molar-refractivity contribution in [3.8, 4) is 11.4 Å². The van der Waals surface area contributed by atoms with Gasteiger partial charge in [-0.05, 0) is 86.2 Å². The predicted octanol–water partition coefficient (Wildman–Crippen LogP) is 12.5. The average molecular weight is 609 g/mol. The van der Waals surface area contributed by atoms with Gasteiger partial charge < -0.3 is 9.13 Å². The molecule has 2 nitrogen and oxygen atoms in total. The minimum atomic E-state index is 1.17. The van der Waals surface area contributed by atoms with Crippen molar-refractivity contribution in [3.05, 3.63) is 170 Å². The second kappa shape index (κ2) is 9.57. The van der Waals surface area contributed by atoms with Crippen molar-refractivity contribution in [2.75, 3.05) is 0 Å². The monoisotopic (exact) mass is 608 g/mol. The summed E-state index contributed by atoms with van der Waals surface area (Å²) in [5.74, 6) is 0. The highest BCUT2D eigenvalue weighted by molar-refractivity contribution is 6.36. The van der Waals surface area contributed by atoms with E-state index in [-0.39, 0.29) is 0 Å². The molecule has 0 unspecified atom stereocenters. The molecule has 0 saturated carbocycles. The molecule has 2 heterocycles. The molecule has 0 radical (unpaired) electrons. The summed E-state index contributed by atoms with van der Waals surface area (Å²) in [6.07, 6.45) is 0. The van der Waals surface area contributed by atoms with Gasteiger partial charge >= 0.3 is 0 Å². The zero-order valence-electron chi connectivity index (χ0n) is 26.1. The van der Waals surface area contributed by atoms with Gasteiger partial charge in [0.1, 0.15) is 0 Å². The Hall–Kier alpha value is -6.38. The number of para-hydroxylation sites is 2. The van der Waals surface area contributed by atoms with Crippen molar-refractivity contribution in [1.29, 1.82) is 0 Å². The lowest BCUT2D eigenvalue weighted by molar-refractivity contribution is 1.17. The van der Waals surface area contributed by atoms with E-state index in [1.807, 2.05) is 0 Å². The van der Waals surface area contributed by atoms with E-state index in [2.05, 4.69) is 179 Å². The maximum Gasteiger partial charge on any atom is 0.0625 e. The van der Waals surface area contributed by atoms with E-state index in [1.165, 1.54) is 98.1 Å². The molecule has 0 bridgehead atoms. The highest BCUT2D eigenvalue weighted by Crippen LogP contribution is 2.45. The minimum Gasteiger partial charge on any atom is -0.309 e. The molecule has 0 N–H and O–H groups in total. The Morgan fingerprint density at radius 2 is 0.896 bits per heavy atom. The third kappa shape index (κ3) is 3.41. The van der Waals surface area contributed by atoms with Crippen LogP contribution in [0, 0.1) is 0 Å². The van der Waals surface area contributed by atoms with Gasteiger partial charge in [0.25, 0.3) is 0 Å². The van der Waals surface area contributed by atoms with Crippen molar-refractivity contribution in [2.24, 2.45) is 0 Å². The summed E-state index contributed by atoms with van der Waals surface area (Å²) in [5.41, 5.74) is 7.23. The van der Waals surface area contributed by atoms with Crippen LogP contribution in [0.5, 0.6) is 0 Å². The molecule has 0 spiro atoms. The molecule has 48 heavy (non-hydrogen) atoms. The number of hydrogen-bond donors (Lipinski definition) is 0. The lowest BCUT2D eigenvalue weighted by atomic mass is 9.93. The maximum absolute atomic E-state index is 2.51. The molecule has 11 rings (SSSR count). The van der Waals surface area contributed by atoms with Crippen LogP contribution in [0.15, 0.2) is 170 Å². The Bertz CT molecular complexity index is 3100. The second-order valence-corrected chi connectivity index (χ2v) is 12.9. The normalized spacial score (nSPS) is 12.2. The Labute approximate surface area is 276 Å². The zero-order valence-corrected chi connectivity index (χ0v) is 26.1. The van der Waals surface area contributed by atoms with Crippen LogP contribution in [0.4, 0.5) is 0 Å². The van der Waals surface area contributed by atoms with E-state index in [9.17, 15) is 0 Å². The van der Waals surface area contributed by atoms with Gasteiger partial charge in [0.15, 0.2) is 0 Å². The van der Waals surface area contributed by atoms with E-state index in [0.29, 0.717) is 0 Å². The van der Waals surface area contributed by atoms with Crippen molar-refractivity contribution < 1.29 is 0 Å². The molecule has 0 saturated heterocycles. The van der Waals surface area contributed by atoms with Gasteiger partial charge in [-0.15, -0.1) is 0 Å². The second-order valence-electron chi connectivity index (χ2n) is 12.9. The molecule has 0 aliphatic carbocycles. The number of hydrogen-bond acceptors (Lipinski definition) is 0. The Morgan fingerprint density at radius 1 is 0.271 bits per heavy atom. The molecule has 0 aliphatic rings. The summed E-state index contributed by atoms with van der Waals surface area (Å²) in [6.45, 7) is 0. The third-order valence-corrected chi connectivity index (χ3v) is 10.4. The summed E-state index contributed by atoms with van der Waals surface area (Å²) < 4.78 is 4.93. The molecule has 9 aromatic carbocycles. The summed E-state index contributed by atoms with van der Waals surface area (Å²) in [6, 6.07) is 62.5. The van der Waals surface area contributed by atoms with E-state index in [4.69, 9.17) is 0 Å². The summed E-state index contributed by atoms with van der Waals surface area (Å²) in [5, 5.41) is 15.3. The van der Waals surface area contributed by atoms with Crippen molar-refractivity contribution in [1.82, 2.24) is 9.13 Å². The smallest absolute Gasteiger partial charge is 0.0625 e. The van der Waals surface area contributed by atoms with Crippen LogP contribution in [0.25, 0.3) is 98.1 Å². The van der Waals surface area contributed by atoms with Crippen molar-refractivity contribution in [3.63, 3.8) is 0 Å². The van der Waals surface area contributed by atoms with Gasteiger partial charge in [-0.2, -0.15) is 0 Å². The number of aromatic nitrogens is 2. The number of fused-ring (bicyclic) bond motifs is 14. The Kier molecular flexibility index (Phi) is 5.14. The standard InChI is InChI=1S/C46H28N2/c1-2-15-32(16-3-1)47-42-25-23-33(28-40(42)39-26-30-13-4-5-14-31(30)27-43(39)47)48-41-21-11-10-20-37(41)45-38-24-22-29-12-6-7-17-34(29)44(38)35-18-8-9-19-36(35)46(45)48/h1-28H. The molecule has 0 fully saturated rings. The van der Waals surface area contributed by atoms with Gasteiger partial charge in [-0.25, -0.2) is 0 Å². The van der Waals surface area contributed by atoms with Crippen LogP contribution in [0.1, 0.15) is 0 Å². The SMILES string of the molecule is c1ccc(-n2c3ccc(-n4c5ccccc5c5c6ccc7ccccc7c6c6ccccc6c54)cc3c3cc4ccccc4cc32)cc1. The largest absolute Gasteiger partial charge is 0.309 e. The van der Waals surface area contributed by atoms with Crippen LogP contribution in [0.3, 0.4) is 0 Å². The first-order chi connectivity index (χ1) is 23.8. The number of rotatable bonds is 2. The van der Waals surface area contributed by atoms with Crippen LogP contribution < -0.4 is 0 Å². The Morgan fingerprint density at radius 3 is 1.73 bits per heavy atom. The first-order valence-electron chi connectivity index (χ1n) is 16.6. The molecule has 2 aromatic heterocycles. The topological polar surface area (TPSA) is 9.86 Å². The fourth-order valence-corrected chi connectivity index (χ4v) is 8.40. The number of nitrogens with zero attached hydrogens (tertiary/aromatic N) is 2. The zero-order chi connectivity index (χ0) is 31.3. The molecule has 222 valence electrons.